The number of pyridine rings is 1. The fourth-order valence-electron chi connectivity index (χ4n) is 2.26. The first kappa shape index (κ1) is 18.1. The van der Waals surface area contributed by atoms with Crippen LogP contribution in [0.4, 0.5) is 0 Å². The topological polar surface area (TPSA) is 68.0 Å². The van der Waals surface area contributed by atoms with Gasteiger partial charge in [0, 0.05) is 24.3 Å². The standard InChI is InChI=1S/C17H21N3O.ClH/c1-12-5-3-4-6-14(12)9-13(2)20-17(21)15-7-8-19-16(10-15)11-18;/h3-8,10,13H,9,11,18H2,1-2H3,(H,20,21);1H. The molecule has 1 atom stereocenters. The lowest BCUT2D eigenvalue weighted by molar-refractivity contribution is 0.0940. The third-order valence-electron chi connectivity index (χ3n) is 3.45. The number of rotatable bonds is 5. The largest absolute Gasteiger partial charge is 0.349 e. The summed E-state index contributed by atoms with van der Waals surface area (Å²) in [6, 6.07) is 11.7. The summed E-state index contributed by atoms with van der Waals surface area (Å²) in [4.78, 5) is 16.3. The molecule has 0 bridgehead atoms. The molecule has 0 aliphatic rings. The minimum absolute atomic E-state index is 0. The van der Waals surface area contributed by atoms with Crippen LogP contribution in [-0.4, -0.2) is 16.9 Å². The molecular formula is C17H22ClN3O. The Kier molecular flexibility index (Phi) is 7.02. The third-order valence-corrected chi connectivity index (χ3v) is 3.45. The molecule has 118 valence electrons. The molecule has 5 heteroatoms. The van der Waals surface area contributed by atoms with E-state index in [1.807, 2.05) is 19.1 Å². The van der Waals surface area contributed by atoms with E-state index in [0.29, 0.717) is 17.8 Å². The molecule has 4 nitrogen and oxygen atoms in total. The summed E-state index contributed by atoms with van der Waals surface area (Å²) in [5.41, 5.74) is 9.36. The number of halogens is 1. The van der Waals surface area contributed by atoms with Gasteiger partial charge in [0.05, 0.1) is 5.69 Å². The number of hydrogen-bond acceptors (Lipinski definition) is 3. The predicted octanol–water partition coefficient (Wildman–Crippen LogP) is 2.63. The van der Waals surface area contributed by atoms with E-state index in [1.165, 1.54) is 11.1 Å². The molecule has 0 aliphatic heterocycles. The molecule has 0 aliphatic carbocycles. The number of nitrogens with two attached hydrogens (primary N) is 1. The molecule has 1 aromatic carbocycles. The first-order valence-corrected chi connectivity index (χ1v) is 7.10. The molecule has 0 saturated carbocycles. The number of hydrogen-bond donors (Lipinski definition) is 2. The molecule has 22 heavy (non-hydrogen) atoms. The van der Waals surface area contributed by atoms with E-state index in [1.54, 1.807) is 18.3 Å². The summed E-state index contributed by atoms with van der Waals surface area (Å²) in [6.45, 7) is 4.43. The second kappa shape index (κ2) is 8.51. The van der Waals surface area contributed by atoms with Gasteiger partial charge in [0.25, 0.3) is 5.91 Å². The Balaban J connectivity index is 0.00000242. The van der Waals surface area contributed by atoms with E-state index in [9.17, 15) is 4.79 Å². The zero-order valence-electron chi connectivity index (χ0n) is 12.9. The van der Waals surface area contributed by atoms with Crippen LogP contribution < -0.4 is 11.1 Å². The summed E-state index contributed by atoms with van der Waals surface area (Å²) >= 11 is 0. The molecule has 1 aromatic heterocycles. The molecule has 3 N–H and O–H groups in total. The summed E-state index contributed by atoms with van der Waals surface area (Å²) in [5.74, 6) is -0.0896. The van der Waals surface area contributed by atoms with Gasteiger partial charge in [-0.05, 0) is 43.5 Å². The minimum atomic E-state index is -0.0896. The summed E-state index contributed by atoms with van der Waals surface area (Å²) < 4.78 is 0. The van der Waals surface area contributed by atoms with Crippen molar-refractivity contribution in [1.29, 1.82) is 0 Å². The number of nitrogens with one attached hydrogen (secondary N) is 1. The van der Waals surface area contributed by atoms with Crippen LogP contribution in [0.1, 0.15) is 34.1 Å². The van der Waals surface area contributed by atoms with Gasteiger partial charge in [0.2, 0.25) is 0 Å². The van der Waals surface area contributed by atoms with Crippen LogP contribution in [-0.2, 0) is 13.0 Å². The molecule has 1 amide bonds. The van der Waals surface area contributed by atoms with Crippen LogP contribution in [0.3, 0.4) is 0 Å². The molecule has 0 saturated heterocycles. The Hall–Kier alpha value is -1.91. The SMILES string of the molecule is Cc1ccccc1CC(C)NC(=O)c1ccnc(CN)c1.Cl. The molecule has 0 radical (unpaired) electrons. The molecule has 2 rings (SSSR count). The van der Waals surface area contributed by atoms with E-state index in [0.717, 1.165) is 6.42 Å². The van der Waals surface area contributed by atoms with Crippen molar-refractivity contribution in [2.45, 2.75) is 32.9 Å². The Morgan fingerprint density at radius 2 is 2.05 bits per heavy atom. The van der Waals surface area contributed by atoms with Crippen molar-refractivity contribution in [2.24, 2.45) is 5.73 Å². The lowest BCUT2D eigenvalue weighted by Crippen LogP contribution is -2.34. The van der Waals surface area contributed by atoms with Gasteiger partial charge in [0.15, 0.2) is 0 Å². The lowest BCUT2D eigenvalue weighted by Gasteiger charge is -2.15. The molecule has 0 fully saturated rings. The number of carbonyl (C=O) groups is 1. The van der Waals surface area contributed by atoms with E-state index < -0.39 is 0 Å². The Morgan fingerprint density at radius 1 is 1.32 bits per heavy atom. The number of aryl methyl sites for hydroxylation is 1. The highest BCUT2D eigenvalue weighted by Gasteiger charge is 2.11. The maximum atomic E-state index is 12.2. The van der Waals surface area contributed by atoms with Crippen LogP contribution in [0.15, 0.2) is 42.6 Å². The normalized spacial score (nSPS) is 11.4. The van der Waals surface area contributed by atoms with Crippen LogP contribution in [0.25, 0.3) is 0 Å². The van der Waals surface area contributed by atoms with Crippen molar-refractivity contribution >= 4 is 18.3 Å². The van der Waals surface area contributed by atoms with Crippen molar-refractivity contribution in [3.8, 4) is 0 Å². The van der Waals surface area contributed by atoms with Gasteiger partial charge >= 0.3 is 0 Å². The number of amides is 1. The monoisotopic (exact) mass is 319 g/mol. The Morgan fingerprint density at radius 3 is 2.73 bits per heavy atom. The van der Waals surface area contributed by atoms with Crippen molar-refractivity contribution in [2.75, 3.05) is 0 Å². The zero-order chi connectivity index (χ0) is 15.2. The lowest BCUT2D eigenvalue weighted by atomic mass is 10.0. The Bertz CT molecular complexity index is 631. The number of carbonyl (C=O) groups excluding carboxylic acids is 1. The molecule has 1 heterocycles. The number of benzene rings is 1. The van der Waals surface area contributed by atoms with Gasteiger partial charge in [-0.25, -0.2) is 0 Å². The number of aromatic nitrogens is 1. The van der Waals surface area contributed by atoms with Crippen molar-refractivity contribution in [1.82, 2.24) is 10.3 Å². The van der Waals surface area contributed by atoms with Gasteiger partial charge in [-0.3, -0.25) is 9.78 Å². The molecular weight excluding hydrogens is 298 g/mol. The van der Waals surface area contributed by atoms with E-state index in [2.05, 4.69) is 29.4 Å². The molecule has 2 aromatic rings. The molecule has 1 unspecified atom stereocenters. The van der Waals surface area contributed by atoms with Gasteiger partial charge in [-0.1, -0.05) is 24.3 Å². The first-order chi connectivity index (χ1) is 10.1. The van der Waals surface area contributed by atoms with E-state index >= 15 is 0 Å². The highest BCUT2D eigenvalue weighted by atomic mass is 35.5. The number of nitrogens with zero attached hydrogens (tertiary/aromatic N) is 1. The van der Waals surface area contributed by atoms with Crippen molar-refractivity contribution < 1.29 is 4.79 Å². The van der Waals surface area contributed by atoms with Gasteiger partial charge < -0.3 is 11.1 Å². The Labute approximate surface area is 137 Å². The van der Waals surface area contributed by atoms with Crippen LogP contribution in [0.2, 0.25) is 0 Å². The van der Waals surface area contributed by atoms with Crippen molar-refractivity contribution in [3.05, 3.63) is 65.0 Å². The molecule has 0 spiro atoms. The summed E-state index contributed by atoms with van der Waals surface area (Å²) in [7, 11) is 0. The maximum absolute atomic E-state index is 12.2. The zero-order valence-corrected chi connectivity index (χ0v) is 13.7. The average Bonchev–Trinajstić information content (AvgIpc) is 2.49. The average molecular weight is 320 g/mol. The quantitative estimate of drug-likeness (QED) is 0.890. The second-order valence-corrected chi connectivity index (χ2v) is 5.25. The van der Waals surface area contributed by atoms with Crippen LogP contribution in [0.5, 0.6) is 0 Å². The highest BCUT2D eigenvalue weighted by Crippen LogP contribution is 2.10. The maximum Gasteiger partial charge on any atom is 0.251 e. The van der Waals surface area contributed by atoms with E-state index in [-0.39, 0.29) is 24.4 Å². The van der Waals surface area contributed by atoms with Crippen LogP contribution >= 0.6 is 12.4 Å². The smallest absolute Gasteiger partial charge is 0.251 e. The second-order valence-electron chi connectivity index (χ2n) is 5.25. The summed E-state index contributed by atoms with van der Waals surface area (Å²) in [5, 5.41) is 3.02. The van der Waals surface area contributed by atoms with E-state index in [4.69, 9.17) is 5.73 Å². The third kappa shape index (κ3) is 4.83. The fraction of sp³-hybridized carbons (Fsp3) is 0.294. The highest BCUT2D eigenvalue weighted by molar-refractivity contribution is 5.94. The first-order valence-electron chi connectivity index (χ1n) is 7.10. The van der Waals surface area contributed by atoms with Gasteiger partial charge in [0.1, 0.15) is 0 Å². The van der Waals surface area contributed by atoms with Gasteiger partial charge in [-0.2, -0.15) is 0 Å². The van der Waals surface area contributed by atoms with Gasteiger partial charge in [-0.15, -0.1) is 12.4 Å². The minimum Gasteiger partial charge on any atom is -0.349 e. The van der Waals surface area contributed by atoms with Crippen LogP contribution in [0, 0.1) is 6.92 Å². The fourth-order valence-corrected chi connectivity index (χ4v) is 2.26. The predicted molar refractivity (Wildman–Crippen MR) is 91.2 cm³/mol. The summed E-state index contributed by atoms with van der Waals surface area (Å²) in [6.07, 6.45) is 2.43. The van der Waals surface area contributed by atoms with Crippen molar-refractivity contribution in [3.63, 3.8) is 0 Å².